The van der Waals surface area contributed by atoms with Gasteiger partial charge in [0.05, 0.1) is 12.3 Å². The second-order valence-electron chi connectivity index (χ2n) is 3.94. The van der Waals surface area contributed by atoms with Crippen LogP contribution >= 0.6 is 0 Å². The Hall–Kier alpha value is -1.16. The number of anilines is 1. The second kappa shape index (κ2) is 5.07. The van der Waals surface area contributed by atoms with Gasteiger partial charge < -0.3 is 10.1 Å². The summed E-state index contributed by atoms with van der Waals surface area (Å²) >= 11 is 0. The van der Waals surface area contributed by atoms with Gasteiger partial charge in [0, 0.05) is 25.5 Å². The number of rotatable bonds is 3. The Kier molecular flexibility index (Phi) is 3.50. The average molecular weight is 207 g/mol. The van der Waals surface area contributed by atoms with Gasteiger partial charge in [-0.05, 0) is 25.7 Å². The van der Waals surface area contributed by atoms with Crippen LogP contribution < -0.4 is 5.32 Å². The first-order valence-corrected chi connectivity index (χ1v) is 5.44. The van der Waals surface area contributed by atoms with Crippen LogP contribution in [-0.2, 0) is 4.74 Å². The van der Waals surface area contributed by atoms with Gasteiger partial charge in [-0.2, -0.15) is 0 Å². The predicted molar refractivity (Wildman–Crippen MR) is 58.7 cm³/mol. The highest BCUT2D eigenvalue weighted by molar-refractivity contribution is 5.31. The molecule has 82 valence electrons. The molecule has 1 heterocycles. The molecule has 15 heavy (non-hydrogen) atoms. The molecule has 0 saturated heterocycles. The Morgan fingerprint density at radius 3 is 2.67 bits per heavy atom. The summed E-state index contributed by atoms with van der Waals surface area (Å²) < 4.78 is 5.33. The van der Waals surface area contributed by atoms with Gasteiger partial charge in [0.2, 0.25) is 0 Å². The highest BCUT2D eigenvalue weighted by Crippen LogP contribution is 2.22. The van der Waals surface area contributed by atoms with Crippen LogP contribution in [-0.4, -0.2) is 29.2 Å². The SMILES string of the molecule is CO[C@H]1CC[C@H](Nc2cnccn2)CC1. The van der Waals surface area contributed by atoms with Crippen molar-refractivity contribution in [3.8, 4) is 0 Å². The minimum atomic E-state index is 0.449. The summed E-state index contributed by atoms with van der Waals surface area (Å²) in [6.07, 6.45) is 10.2. The monoisotopic (exact) mass is 207 g/mol. The van der Waals surface area contributed by atoms with E-state index in [1.807, 2.05) is 0 Å². The molecule has 0 unspecified atom stereocenters. The third kappa shape index (κ3) is 2.89. The fraction of sp³-hybridized carbons (Fsp3) is 0.636. The fourth-order valence-electron chi connectivity index (χ4n) is 2.03. The molecule has 0 radical (unpaired) electrons. The molecule has 1 aromatic rings. The van der Waals surface area contributed by atoms with Gasteiger partial charge in [-0.1, -0.05) is 0 Å². The third-order valence-electron chi connectivity index (χ3n) is 2.92. The number of nitrogens with one attached hydrogen (secondary N) is 1. The molecule has 1 aliphatic rings. The van der Waals surface area contributed by atoms with Gasteiger partial charge in [0.1, 0.15) is 5.82 Å². The Morgan fingerprint density at radius 1 is 1.27 bits per heavy atom. The fourth-order valence-corrected chi connectivity index (χ4v) is 2.03. The second-order valence-corrected chi connectivity index (χ2v) is 3.94. The van der Waals surface area contributed by atoms with Crippen LogP contribution in [0.25, 0.3) is 0 Å². The lowest BCUT2D eigenvalue weighted by atomic mass is 9.93. The normalized spacial score (nSPS) is 26.2. The van der Waals surface area contributed by atoms with Crippen LogP contribution in [0, 0.1) is 0 Å². The van der Waals surface area contributed by atoms with Gasteiger partial charge >= 0.3 is 0 Å². The molecule has 0 atom stereocenters. The Balaban J connectivity index is 1.82. The summed E-state index contributed by atoms with van der Waals surface area (Å²) in [5.74, 6) is 0.873. The average Bonchev–Trinajstić information content (AvgIpc) is 2.31. The first-order chi connectivity index (χ1) is 7.38. The summed E-state index contributed by atoms with van der Waals surface area (Å²) in [6, 6.07) is 0.521. The molecule has 2 rings (SSSR count). The van der Waals surface area contributed by atoms with Crippen molar-refractivity contribution in [1.82, 2.24) is 9.97 Å². The van der Waals surface area contributed by atoms with Crippen molar-refractivity contribution in [2.45, 2.75) is 37.8 Å². The van der Waals surface area contributed by atoms with E-state index in [4.69, 9.17) is 4.74 Å². The Bertz CT molecular complexity index is 283. The highest BCUT2D eigenvalue weighted by Gasteiger charge is 2.20. The molecule has 1 aliphatic carbocycles. The zero-order chi connectivity index (χ0) is 10.5. The molecule has 1 N–H and O–H groups in total. The van der Waals surface area contributed by atoms with E-state index in [-0.39, 0.29) is 0 Å². The molecule has 0 bridgehead atoms. The predicted octanol–water partition coefficient (Wildman–Crippen LogP) is 1.85. The maximum Gasteiger partial charge on any atom is 0.144 e. The van der Waals surface area contributed by atoms with E-state index < -0.39 is 0 Å². The summed E-state index contributed by atoms with van der Waals surface area (Å²) in [4.78, 5) is 8.24. The molecule has 1 aromatic heterocycles. The van der Waals surface area contributed by atoms with Crippen molar-refractivity contribution in [2.24, 2.45) is 0 Å². The van der Waals surface area contributed by atoms with Crippen LogP contribution in [0.15, 0.2) is 18.6 Å². The number of nitrogens with zero attached hydrogens (tertiary/aromatic N) is 2. The van der Waals surface area contributed by atoms with E-state index in [0.717, 1.165) is 31.5 Å². The maximum absolute atomic E-state index is 5.33. The standard InChI is InChI=1S/C11H17N3O/c1-15-10-4-2-9(3-5-10)14-11-8-12-6-7-13-11/h6-10H,2-5H2,1H3,(H,13,14)/t9-,10-. The van der Waals surface area contributed by atoms with E-state index in [1.165, 1.54) is 0 Å². The number of methoxy groups -OCH3 is 1. The quantitative estimate of drug-likeness (QED) is 0.821. The third-order valence-corrected chi connectivity index (χ3v) is 2.92. The molecule has 0 aliphatic heterocycles. The minimum absolute atomic E-state index is 0.449. The lowest BCUT2D eigenvalue weighted by Gasteiger charge is -2.28. The molecule has 1 fully saturated rings. The zero-order valence-electron chi connectivity index (χ0n) is 9.02. The molecule has 4 heteroatoms. The highest BCUT2D eigenvalue weighted by atomic mass is 16.5. The van der Waals surface area contributed by atoms with Crippen molar-refractivity contribution < 1.29 is 4.74 Å². The first kappa shape index (κ1) is 10.4. The van der Waals surface area contributed by atoms with Gasteiger partial charge in [-0.3, -0.25) is 4.98 Å². The van der Waals surface area contributed by atoms with Crippen molar-refractivity contribution in [3.63, 3.8) is 0 Å². The summed E-state index contributed by atoms with van der Waals surface area (Å²) in [5, 5.41) is 3.40. The minimum Gasteiger partial charge on any atom is -0.381 e. The van der Waals surface area contributed by atoms with Crippen molar-refractivity contribution in [1.29, 1.82) is 0 Å². The summed E-state index contributed by atoms with van der Waals surface area (Å²) in [6.45, 7) is 0. The maximum atomic E-state index is 5.33. The molecular weight excluding hydrogens is 190 g/mol. The van der Waals surface area contributed by atoms with Crippen LogP contribution in [0.1, 0.15) is 25.7 Å². The van der Waals surface area contributed by atoms with Crippen molar-refractivity contribution in [3.05, 3.63) is 18.6 Å². The number of hydrogen-bond donors (Lipinski definition) is 1. The molecule has 0 spiro atoms. The van der Waals surface area contributed by atoms with Crippen LogP contribution in [0.5, 0.6) is 0 Å². The van der Waals surface area contributed by atoms with Crippen molar-refractivity contribution in [2.75, 3.05) is 12.4 Å². The summed E-state index contributed by atoms with van der Waals surface area (Å²) in [5.41, 5.74) is 0. The number of hydrogen-bond acceptors (Lipinski definition) is 4. The number of aromatic nitrogens is 2. The summed E-state index contributed by atoms with van der Waals surface area (Å²) in [7, 11) is 1.79. The topological polar surface area (TPSA) is 47.0 Å². The largest absolute Gasteiger partial charge is 0.381 e. The van der Waals surface area contributed by atoms with E-state index in [1.54, 1.807) is 25.7 Å². The van der Waals surface area contributed by atoms with E-state index >= 15 is 0 Å². The van der Waals surface area contributed by atoms with Gasteiger partial charge in [0.25, 0.3) is 0 Å². The lowest BCUT2D eigenvalue weighted by Crippen LogP contribution is -2.29. The Labute approximate surface area is 90.1 Å². The molecule has 4 nitrogen and oxygen atoms in total. The first-order valence-electron chi connectivity index (χ1n) is 5.44. The molecule has 0 aromatic carbocycles. The molecular formula is C11H17N3O. The van der Waals surface area contributed by atoms with E-state index in [0.29, 0.717) is 12.1 Å². The molecule has 1 saturated carbocycles. The smallest absolute Gasteiger partial charge is 0.144 e. The lowest BCUT2D eigenvalue weighted by molar-refractivity contribution is 0.0681. The van der Waals surface area contributed by atoms with E-state index in [9.17, 15) is 0 Å². The van der Waals surface area contributed by atoms with Gasteiger partial charge in [-0.25, -0.2) is 4.98 Å². The van der Waals surface area contributed by atoms with Crippen LogP contribution in [0.3, 0.4) is 0 Å². The van der Waals surface area contributed by atoms with Crippen molar-refractivity contribution >= 4 is 5.82 Å². The van der Waals surface area contributed by atoms with Crippen LogP contribution in [0.4, 0.5) is 5.82 Å². The number of ether oxygens (including phenoxy) is 1. The van der Waals surface area contributed by atoms with Gasteiger partial charge in [0.15, 0.2) is 0 Å². The Morgan fingerprint density at radius 2 is 2.07 bits per heavy atom. The van der Waals surface area contributed by atoms with Gasteiger partial charge in [-0.15, -0.1) is 0 Å². The zero-order valence-corrected chi connectivity index (χ0v) is 9.02. The van der Waals surface area contributed by atoms with E-state index in [2.05, 4.69) is 15.3 Å². The molecule has 0 amide bonds. The van der Waals surface area contributed by atoms with Crippen LogP contribution in [0.2, 0.25) is 0 Å².